The minimum absolute atomic E-state index is 0.343. The molecule has 0 aliphatic carbocycles. The second kappa shape index (κ2) is 6.04. The molecule has 100 valence electrons. The second-order valence-electron chi connectivity index (χ2n) is 3.84. The molecule has 0 aliphatic rings. The molecule has 0 aliphatic heterocycles. The van der Waals surface area contributed by atoms with E-state index >= 15 is 0 Å². The second-order valence-corrected chi connectivity index (χ2v) is 3.84. The fourth-order valence-electron chi connectivity index (χ4n) is 1.67. The van der Waals surface area contributed by atoms with Crippen molar-refractivity contribution in [1.82, 2.24) is 10.2 Å². The number of carbonyl (C=O) groups is 1. The zero-order chi connectivity index (χ0) is 13.7. The van der Waals surface area contributed by atoms with Crippen LogP contribution < -0.4 is 4.74 Å². The maximum absolute atomic E-state index is 11.5. The lowest BCUT2D eigenvalue weighted by Crippen LogP contribution is -2.04. The highest BCUT2D eigenvalue weighted by Crippen LogP contribution is 2.21. The summed E-state index contributed by atoms with van der Waals surface area (Å²) in [6.45, 7) is 4.68. The predicted octanol–water partition coefficient (Wildman–Crippen LogP) is 2.65. The predicted molar refractivity (Wildman–Crippen MR) is 71.1 cm³/mol. The van der Waals surface area contributed by atoms with E-state index in [1.807, 2.05) is 31.2 Å². The molecule has 1 heterocycles. The van der Waals surface area contributed by atoms with Crippen LogP contribution in [0.15, 0.2) is 30.3 Å². The molecule has 0 fully saturated rings. The molecule has 0 atom stereocenters. The maximum atomic E-state index is 11.5. The van der Waals surface area contributed by atoms with Crippen molar-refractivity contribution in [2.24, 2.45) is 0 Å². The van der Waals surface area contributed by atoms with E-state index in [0.29, 0.717) is 24.6 Å². The number of hydrogen-bond acceptors (Lipinski definition) is 4. The Morgan fingerprint density at radius 2 is 1.95 bits per heavy atom. The highest BCUT2D eigenvalue weighted by atomic mass is 16.5. The van der Waals surface area contributed by atoms with Crippen molar-refractivity contribution in [2.45, 2.75) is 13.8 Å². The normalized spacial score (nSPS) is 10.2. The molecule has 0 bridgehead atoms. The lowest BCUT2D eigenvalue weighted by molar-refractivity contribution is 0.0519. The molecule has 0 unspecified atom stereocenters. The number of nitrogens with one attached hydrogen (secondary N) is 1. The van der Waals surface area contributed by atoms with Gasteiger partial charge in [-0.25, -0.2) is 4.79 Å². The zero-order valence-corrected chi connectivity index (χ0v) is 11.0. The van der Waals surface area contributed by atoms with Gasteiger partial charge in [0.1, 0.15) is 11.4 Å². The summed E-state index contributed by atoms with van der Waals surface area (Å²) in [6, 6.07) is 9.22. The summed E-state index contributed by atoms with van der Waals surface area (Å²) in [5.74, 6) is 0.416. The maximum Gasteiger partial charge on any atom is 0.356 e. The fourth-order valence-corrected chi connectivity index (χ4v) is 1.67. The molecule has 1 aromatic heterocycles. The molecular weight excluding hydrogens is 244 g/mol. The van der Waals surface area contributed by atoms with Gasteiger partial charge in [0, 0.05) is 5.56 Å². The molecule has 1 N–H and O–H groups in total. The molecular formula is C14H16N2O3. The molecule has 0 saturated carbocycles. The summed E-state index contributed by atoms with van der Waals surface area (Å²) >= 11 is 0. The van der Waals surface area contributed by atoms with E-state index in [0.717, 1.165) is 11.3 Å². The first-order valence-electron chi connectivity index (χ1n) is 6.20. The summed E-state index contributed by atoms with van der Waals surface area (Å²) in [5, 5.41) is 6.77. The Balaban J connectivity index is 2.15. The van der Waals surface area contributed by atoms with Crippen LogP contribution in [0, 0.1) is 0 Å². The third-order valence-electron chi connectivity index (χ3n) is 2.53. The van der Waals surface area contributed by atoms with Crippen LogP contribution >= 0.6 is 0 Å². The van der Waals surface area contributed by atoms with Crippen molar-refractivity contribution in [3.8, 4) is 17.0 Å². The number of carbonyl (C=O) groups excluding carboxylic acids is 1. The topological polar surface area (TPSA) is 64.2 Å². The molecule has 2 rings (SSSR count). The molecule has 0 saturated heterocycles. The fraction of sp³-hybridized carbons (Fsp3) is 0.286. The zero-order valence-electron chi connectivity index (χ0n) is 11.0. The summed E-state index contributed by atoms with van der Waals surface area (Å²) in [4.78, 5) is 11.5. The van der Waals surface area contributed by atoms with Gasteiger partial charge in [0.05, 0.1) is 18.9 Å². The molecule has 0 radical (unpaired) electrons. The molecule has 0 spiro atoms. The number of aromatic amines is 1. The number of rotatable bonds is 5. The lowest BCUT2D eigenvalue weighted by atomic mass is 10.1. The van der Waals surface area contributed by atoms with E-state index in [9.17, 15) is 4.79 Å². The van der Waals surface area contributed by atoms with E-state index in [1.165, 1.54) is 0 Å². The molecule has 5 heteroatoms. The van der Waals surface area contributed by atoms with Gasteiger partial charge in [-0.05, 0) is 44.2 Å². The van der Waals surface area contributed by atoms with Crippen LogP contribution in [0.5, 0.6) is 5.75 Å². The Morgan fingerprint density at radius 1 is 1.21 bits per heavy atom. The monoisotopic (exact) mass is 260 g/mol. The summed E-state index contributed by atoms with van der Waals surface area (Å²) < 4.78 is 10.3. The third-order valence-corrected chi connectivity index (χ3v) is 2.53. The van der Waals surface area contributed by atoms with Crippen molar-refractivity contribution in [1.29, 1.82) is 0 Å². The number of nitrogens with zero attached hydrogens (tertiary/aromatic N) is 1. The number of ether oxygens (including phenoxy) is 2. The van der Waals surface area contributed by atoms with Crippen LogP contribution in [0.2, 0.25) is 0 Å². The Labute approximate surface area is 111 Å². The van der Waals surface area contributed by atoms with E-state index < -0.39 is 5.97 Å². The largest absolute Gasteiger partial charge is 0.494 e. The third kappa shape index (κ3) is 3.13. The van der Waals surface area contributed by atoms with E-state index in [1.54, 1.807) is 13.0 Å². The molecule has 19 heavy (non-hydrogen) atoms. The Hall–Kier alpha value is -2.30. The first-order chi connectivity index (χ1) is 9.24. The van der Waals surface area contributed by atoms with Gasteiger partial charge < -0.3 is 9.47 Å². The van der Waals surface area contributed by atoms with Gasteiger partial charge >= 0.3 is 5.97 Å². The summed E-state index contributed by atoms with van der Waals surface area (Å²) in [7, 11) is 0. The Morgan fingerprint density at radius 3 is 2.58 bits per heavy atom. The van der Waals surface area contributed by atoms with Crippen molar-refractivity contribution in [3.05, 3.63) is 36.0 Å². The van der Waals surface area contributed by atoms with Gasteiger partial charge in [0.15, 0.2) is 0 Å². The van der Waals surface area contributed by atoms with Crippen LogP contribution in [0.25, 0.3) is 11.3 Å². The summed E-state index contributed by atoms with van der Waals surface area (Å²) in [5.41, 5.74) is 1.96. The number of aromatic nitrogens is 2. The van der Waals surface area contributed by atoms with E-state index in [4.69, 9.17) is 9.47 Å². The first-order valence-corrected chi connectivity index (χ1v) is 6.20. The summed E-state index contributed by atoms with van der Waals surface area (Å²) in [6.07, 6.45) is 0. The molecule has 5 nitrogen and oxygen atoms in total. The van der Waals surface area contributed by atoms with Crippen molar-refractivity contribution < 1.29 is 14.3 Å². The van der Waals surface area contributed by atoms with Crippen LogP contribution in [-0.2, 0) is 4.74 Å². The number of benzene rings is 1. The highest BCUT2D eigenvalue weighted by molar-refractivity contribution is 5.88. The molecule has 0 amide bonds. The van der Waals surface area contributed by atoms with Crippen molar-refractivity contribution in [3.63, 3.8) is 0 Å². The Bertz CT molecular complexity index is 546. The van der Waals surface area contributed by atoms with Gasteiger partial charge in [-0.1, -0.05) is 0 Å². The highest BCUT2D eigenvalue weighted by Gasteiger charge is 2.11. The van der Waals surface area contributed by atoms with E-state index in [2.05, 4.69) is 10.2 Å². The van der Waals surface area contributed by atoms with Crippen LogP contribution in [0.1, 0.15) is 24.3 Å². The minimum atomic E-state index is -0.396. The van der Waals surface area contributed by atoms with Crippen LogP contribution in [-0.4, -0.2) is 29.4 Å². The van der Waals surface area contributed by atoms with Gasteiger partial charge in [0.25, 0.3) is 0 Å². The van der Waals surface area contributed by atoms with Gasteiger partial charge in [0.2, 0.25) is 0 Å². The Kier molecular flexibility index (Phi) is 4.18. The van der Waals surface area contributed by atoms with E-state index in [-0.39, 0.29) is 0 Å². The number of H-pyrrole nitrogens is 1. The van der Waals surface area contributed by atoms with Gasteiger partial charge in [-0.2, -0.15) is 5.10 Å². The van der Waals surface area contributed by atoms with Gasteiger partial charge in [-0.3, -0.25) is 5.10 Å². The first kappa shape index (κ1) is 13.1. The quantitative estimate of drug-likeness (QED) is 0.839. The molecule has 1 aromatic carbocycles. The number of esters is 1. The standard InChI is InChI=1S/C14H16N2O3/c1-3-18-11-7-5-10(6-8-11)12-9-13(16-15-12)14(17)19-4-2/h5-9H,3-4H2,1-2H3,(H,15,16). The SMILES string of the molecule is CCOC(=O)c1cc(-c2ccc(OCC)cc2)n[nH]1. The smallest absolute Gasteiger partial charge is 0.356 e. The number of hydrogen-bond donors (Lipinski definition) is 1. The van der Waals surface area contributed by atoms with Crippen LogP contribution in [0.4, 0.5) is 0 Å². The average molecular weight is 260 g/mol. The van der Waals surface area contributed by atoms with Crippen molar-refractivity contribution in [2.75, 3.05) is 13.2 Å². The average Bonchev–Trinajstić information content (AvgIpc) is 2.90. The van der Waals surface area contributed by atoms with Crippen LogP contribution in [0.3, 0.4) is 0 Å². The van der Waals surface area contributed by atoms with Crippen molar-refractivity contribution >= 4 is 5.97 Å². The van der Waals surface area contributed by atoms with Gasteiger partial charge in [-0.15, -0.1) is 0 Å². The lowest BCUT2D eigenvalue weighted by Gasteiger charge is -2.02. The minimum Gasteiger partial charge on any atom is -0.494 e. The molecule has 2 aromatic rings.